The molecular weight excluding hydrogens is 436 g/mol. The molecule has 0 saturated heterocycles. The number of ether oxygens (including phenoxy) is 4. The van der Waals surface area contributed by atoms with Crippen LogP contribution in [0.1, 0.15) is 11.1 Å². The first-order valence-corrected chi connectivity index (χ1v) is 10.4. The summed E-state index contributed by atoms with van der Waals surface area (Å²) in [5, 5.41) is 19.3. The molecule has 2 N–H and O–H groups in total. The van der Waals surface area contributed by atoms with Gasteiger partial charge in [0.05, 0.1) is 40.3 Å². The number of nitrogens with one attached hydrogen (secondary N) is 2. The average Bonchev–Trinajstić information content (AvgIpc) is 3.34. The number of amides is 1. The summed E-state index contributed by atoms with van der Waals surface area (Å²) in [7, 11) is 6.25. The molecule has 1 heterocycles. The highest BCUT2D eigenvalue weighted by Crippen LogP contribution is 2.33. The van der Waals surface area contributed by atoms with Crippen LogP contribution in [0.15, 0.2) is 48.2 Å². The van der Waals surface area contributed by atoms with E-state index in [1.165, 1.54) is 6.08 Å². The van der Waals surface area contributed by atoms with Crippen LogP contribution in [0.4, 0.5) is 0 Å². The van der Waals surface area contributed by atoms with Crippen molar-refractivity contribution in [3.63, 3.8) is 0 Å². The molecule has 0 spiro atoms. The van der Waals surface area contributed by atoms with Crippen LogP contribution in [0, 0.1) is 11.3 Å². The maximum atomic E-state index is 12.6. The van der Waals surface area contributed by atoms with Gasteiger partial charge in [0.15, 0.2) is 23.0 Å². The Hall–Kier alpha value is -4.45. The summed E-state index contributed by atoms with van der Waals surface area (Å²) < 4.78 is 21.2. The molecule has 0 unspecified atom stereocenters. The SMILES string of the molecule is COc1ccc(CCNC(=O)C(C#N)=Cc2cn[nH]c2-c2ccc(OC)c(OC)c2)cc1OC. The normalized spacial score (nSPS) is 10.9. The number of hydrogen-bond donors (Lipinski definition) is 2. The molecule has 0 aliphatic carbocycles. The van der Waals surface area contributed by atoms with Crippen LogP contribution in [0.25, 0.3) is 17.3 Å². The summed E-state index contributed by atoms with van der Waals surface area (Å²) in [6.45, 7) is 0.348. The molecule has 0 fully saturated rings. The minimum atomic E-state index is -0.470. The van der Waals surface area contributed by atoms with Gasteiger partial charge in [0.1, 0.15) is 11.6 Å². The van der Waals surface area contributed by atoms with E-state index in [4.69, 9.17) is 18.9 Å². The van der Waals surface area contributed by atoms with Crippen molar-refractivity contribution in [2.45, 2.75) is 6.42 Å². The van der Waals surface area contributed by atoms with Crippen LogP contribution >= 0.6 is 0 Å². The van der Waals surface area contributed by atoms with Gasteiger partial charge in [-0.1, -0.05) is 6.07 Å². The lowest BCUT2D eigenvalue weighted by molar-refractivity contribution is -0.117. The van der Waals surface area contributed by atoms with Crippen molar-refractivity contribution in [3.8, 4) is 40.3 Å². The van der Waals surface area contributed by atoms with E-state index in [-0.39, 0.29) is 5.57 Å². The first-order chi connectivity index (χ1) is 16.5. The van der Waals surface area contributed by atoms with Gasteiger partial charge in [0, 0.05) is 17.7 Å². The molecule has 9 nitrogen and oxygen atoms in total. The third-order valence-corrected chi connectivity index (χ3v) is 5.15. The van der Waals surface area contributed by atoms with Crippen molar-refractivity contribution in [2.24, 2.45) is 0 Å². The predicted octanol–water partition coefficient (Wildman–Crippen LogP) is 3.38. The van der Waals surface area contributed by atoms with Crippen molar-refractivity contribution in [1.82, 2.24) is 15.5 Å². The second-order valence-corrected chi connectivity index (χ2v) is 7.14. The predicted molar refractivity (Wildman–Crippen MR) is 127 cm³/mol. The van der Waals surface area contributed by atoms with E-state index in [1.54, 1.807) is 46.8 Å². The lowest BCUT2D eigenvalue weighted by Crippen LogP contribution is -2.26. The van der Waals surface area contributed by atoms with Gasteiger partial charge in [-0.3, -0.25) is 9.89 Å². The fraction of sp³-hybridized carbons (Fsp3) is 0.240. The number of nitrogens with zero attached hydrogens (tertiary/aromatic N) is 2. The van der Waals surface area contributed by atoms with Crippen molar-refractivity contribution >= 4 is 12.0 Å². The number of H-pyrrole nitrogens is 1. The minimum absolute atomic E-state index is 0.0320. The Kier molecular flexibility index (Phi) is 8.13. The Bertz CT molecular complexity index is 1230. The monoisotopic (exact) mass is 462 g/mol. The summed E-state index contributed by atoms with van der Waals surface area (Å²) in [5.41, 5.74) is 2.94. The van der Waals surface area contributed by atoms with E-state index < -0.39 is 5.91 Å². The van der Waals surface area contributed by atoms with Crippen molar-refractivity contribution in [2.75, 3.05) is 35.0 Å². The van der Waals surface area contributed by atoms with E-state index in [2.05, 4.69) is 15.5 Å². The smallest absolute Gasteiger partial charge is 0.261 e. The minimum Gasteiger partial charge on any atom is -0.493 e. The largest absolute Gasteiger partial charge is 0.493 e. The van der Waals surface area contributed by atoms with E-state index in [0.29, 0.717) is 47.2 Å². The van der Waals surface area contributed by atoms with Gasteiger partial charge >= 0.3 is 0 Å². The number of hydrogen-bond acceptors (Lipinski definition) is 7. The summed E-state index contributed by atoms with van der Waals surface area (Å²) in [6.07, 6.45) is 3.62. The highest BCUT2D eigenvalue weighted by atomic mass is 16.5. The van der Waals surface area contributed by atoms with Gasteiger partial charge in [0.25, 0.3) is 5.91 Å². The Morgan fingerprint density at radius 3 is 2.29 bits per heavy atom. The van der Waals surface area contributed by atoms with E-state index in [9.17, 15) is 10.1 Å². The number of rotatable bonds is 10. The molecule has 176 valence electrons. The summed E-state index contributed by atoms with van der Waals surface area (Å²) >= 11 is 0. The molecule has 2 aromatic carbocycles. The van der Waals surface area contributed by atoms with E-state index >= 15 is 0 Å². The van der Waals surface area contributed by atoms with E-state index in [0.717, 1.165) is 11.1 Å². The second-order valence-electron chi connectivity index (χ2n) is 7.14. The van der Waals surface area contributed by atoms with Crippen LogP contribution in [0.2, 0.25) is 0 Å². The summed E-state index contributed by atoms with van der Waals surface area (Å²) in [4.78, 5) is 12.6. The molecule has 0 atom stereocenters. The van der Waals surface area contributed by atoms with Crippen molar-refractivity contribution < 1.29 is 23.7 Å². The molecular formula is C25H26N4O5. The number of carbonyl (C=O) groups excluding carboxylic acids is 1. The highest BCUT2D eigenvalue weighted by Gasteiger charge is 2.14. The van der Waals surface area contributed by atoms with E-state index in [1.807, 2.05) is 30.3 Å². The van der Waals surface area contributed by atoms with Crippen LogP contribution in [-0.2, 0) is 11.2 Å². The average molecular weight is 463 g/mol. The fourth-order valence-corrected chi connectivity index (χ4v) is 3.38. The Labute approximate surface area is 197 Å². The van der Waals surface area contributed by atoms with Crippen molar-refractivity contribution in [3.05, 3.63) is 59.3 Å². The molecule has 0 aliphatic heterocycles. The molecule has 9 heteroatoms. The standard InChI is InChI=1S/C25H26N4O5/c1-31-20-7-5-16(11-22(20)33-3)9-10-27-25(30)18(14-26)12-19-15-28-29-24(19)17-6-8-21(32-2)23(13-17)34-4/h5-8,11-13,15H,9-10H2,1-4H3,(H,27,30)(H,28,29). The Morgan fingerprint density at radius 1 is 1.00 bits per heavy atom. The van der Waals surface area contributed by atoms with Crippen LogP contribution in [0.5, 0.6) is 23.0 Å². The topological polar surface area (TPSA) is 118 Å². The number of aromatic amines is 1. The lowest BCUT2D eigenvalue weighted by atomic mass is 10.0. The van der Waals surface area contributed by atoms with Crippen LogP contribution in [-0.4, -0.2) is 51.1 Å². The van der Waals surface area contributed by atoms with Crippen molar-refractivity contribution in [1.29, 1.82) is 5.26 Å². The van der Waals surface area contributed by atoms with Gasteiger partial charge in [-0.05, 0) is 48.4 Å². The third-order valence-electron chi connectivity index (χ3n) is 5.15. The highest BCUT2D eigenvalue weighted by molar-refractivity contribution is 6.02. The van der Waals surface area contributed by atoms with Gasteiger partial charge in [-0.2, -0.15) is 10.4 Å². The van der Waals surface area contributed by atoms with Gasteiger partial charge < -0.3 is 24.3 Å². The number of carbonyl (C=O) groups is 1. The molecule has 0 radical (unpaired) electrons. The third kappa shape index (κ3) is 5.48. The summed E-state index contributed by atoms with van der Waals surface area (Å²) in [5.74, 6) is 1.93. The van der Waals surface area contributed by atoms with Gasteiger partial charge in [-0.15, -0.1) is 0 Å². The zero-order chi connectivity index (χ0) is 24.5. The first kappa shape index (κ1) is 24.2. The van der Waals surface area contributed by atoms with Crippen LogP contribution in [0.3, 0.4) is 0 Å². The zero-order valence-corrected chi connectivity index (χ0v) is 19.5. The van der Waals surface area contributed by atoms with Gasteiger partial charge in [0.2, 0.25) is 0 Å². The zero-order valence-electron chi connectivity index (χ0n) is 19.5. The summed E-state index contributed by atoms with van der Waals surface area (Å²) in [6, 6.07) is 12.9. The molecule has 0 saturated carbocycles. The van der Waals surface area contributed by atoms with Gasteiger partial charge in [-0.25, -0.2) is 0 Å². The molecule has 3 aromatic rings. The number of aromatic nitrogens is 2. The maximum absolute atomic E-state index is 12.6. The number of methoxy groups -OCH3 is 4. The quantitative estimate of drug-likeness (QED) is 0.350. The molecule has 1 aromatic heterocycles. The fourth-order valence-electron chi connectivity index (χ4n) is 3.38. The molecule has 3 rings (SSSR count). The first-order valence-electron chi connectivity index (χ1n) is 10.4. The maximum Gasteiger partial charge on any atom is 0.261 e. The number of nitriles is 1. The molecule has 1 amide bonds. The Morgan fingerprint density at radius 2 is 1.65 bits per heavy atom. The molecule has 0 aliphatic rings. The second kappa shape index (κ2) is 11.4. The Balaban J connectivity index is 1.72. The molecule has 34 heavy (non-hydrogen) atoms. The van der Waals surface area contributed by atoms with Crippen LogP contribution < -0.4 is 24.3 Å². The molecule has 0 bridgehead atoms. The number of benzene rings is 2. The lowest BCUT2D eigenvalue weighted by Gasteiger charge is -2.10.